The highest BCUT2D eigenvalue weighted by Crippen LogP contribution is 2.25. The van der Waals surface area contributed by atoms with E-state index in [1.54, 1.807) is 23.6 Å². The Hall–Kier alpha value is -1.33. The monoisotopic (exact) mass is 268 g/mol. The van der Waals surface area contributed by atoms with Crippen LogP contribution in [0.4, 0.5) is 11.5 Å². The van der Waals surface area contributed by atoms with Crippen molar-refractivity contribution in [1.29, 1.82) is 0 Å². The molecule has 17 heavy (non-hydrogen) atoms. The maximum Gasteiger partial charge on any atom is 0.151 e. The summed E-state index contributed by atoms with van der Waals surface area (Å²) in [5.41, 5.74) is 9.37. The molecular weight excluding hydrogens is 256 g/mol. The van der Waals surface area contributed by atoms with Crippen LogP contribution in [0, 0.1) is 6.92 Å². The molecule has 0 saturated heterocycles. The average Bonchev–Trinajstić information content (AvgIpc) is 2.64. The van der Waals surface area contributed by atoms with Gasteiger partial charge in [0.2, 0.25) is 0 Å². The van der Waals surface area contributed by atoms with Gasteiger partial charge in [-0.1, -0.05) is 11.6 Å². The lowest BCUT2D eigenvalue weighted by atomic mass is 10.3. The number of nitrogen functional groups attached to an aromatic ring is 1. The Morgan fingerprint density at radius 3 is 2.82 bits per heavy atom. The molecule has 2 rings (SSSR count). The Labute approximate surface area is 109 Å². The summed E-state index contributed by atoms with van der Waals surface area (Å²) in [6.45, 7) is 2.74. The van der Waals surface area contributed by atoms with Crippen molar-refractivity contribution in [2.75, 3.05) is 17.7 Å². The molecule has 0 saturated carbocycles. The lowest BCUT2D eigenvalue weighted by Crippen LogP contribution is -2.19. The number of anilines is 2. The van der Waals surface area contributed by atoms with E-state index in [-0.39, 0.29) is 0 Å². The standard InChI is InChI=1S/C11H13ClN4S/c1-7-10(17-6-15-7)5-16(2)11-9(13)3-8(12)4-14-11/h3-4,6H,5,13H2,1-2H3. The van der Waals surface area contributed by atoms with Crippen molar-refractivity contribution >= 4 is 34.4 Å². The van der Waals surface area contributed by atoms with E-state index in [4.69, 9.17) is 17.3 Å². The van der Waals surface area contributed by atoms with Gasteiger partial charge >= 0.3 is 0 Å². The second-order valence-corrected chi connectivity index (χ2v) is 5.16. The molecule has 6 heteroatoms. The third kappa shape index (κ3) is 2.68. The first-order chi connectivity index (χ1) is 8.08. The molecule has 0 aliphatic heterocycles. The highest BCUT2D eigenvalue weighted by molar-refractivity contribution is 7.09. The molecular formula is C11H13ClN4S. The lowest BCUT2D eigenvalue weighted by Gasteiger charge is -2.19. The molecule has 2 N–H and O–H groups in total. The van der Waals surface area contributed by atoms with Crippen LogP contribution in [-0.4, -0.2) is 17.0 Å². The number of thiazole rings is 1. The molecule has 0 aliphatic rings. The molecule has 2 aromatic rings. The second kappa shape index (κ2) is 4.89. The maximum absolute atomic E-state index is 5.89. The van der Waals surface area contributed by atoms with Gasteiger partial charge in [0.1, 0.15) is 0 Å². The largest absolute Gasteiger partial charge is 0.396 e. The normalized spacial score (nSPS) is 10.5. The number of pyridine rings is 1. The second-order valence-electron chi connectivity index (χ2n) is 3.78. The van der Waals surface area contributed by atoms with Crippen molar-refractivity contribution in [2.24, 2.45) is 0 Å². The van der Waals surface area contributed by atoms with E-state index in [1.807, 2.05) is 24.4 Å². The molecule has 0 aromatic carbocycles. The van der Waals surface area contributed by atoms with Gasteiger partial charge in [0.15, 0.2) is 5.82 Å². The van der Waals surface area contributed by atoms with E-state index in [9.17, 15) is 0 Å². The first-order valence-corrected chi connectivity index (χ1v) is 6.35. The molecule has 2 heterocycles. The molecule has 0 atom stereocenters. The fourth-order valence-corrected chi connectivity index (χ4v) is 2.53. The third-order valence-electron chi connectivity index (χ3n) is 2.45. The van der Waals surface area contributed by atoms with Gasteiger partial charge in [0.25, 0.3) is 0 Å². The number of nitrogens with zero attached hydrogens (tertiary/aromatic N) is 3. The highest BCUT2D eigenvalue weighted by atomic mass is 35.5. The van der Waals surface area contributed by atoms with Crippen molar-refractivity contribution in [3.63, 3.8) is 0 Å². The van der Waals surface area contributed by atoms with E-state index in [2.05, 4.69) is 9.97 Å². The van der Waals surface area contributed by atoms with Crippen molar-refractivity contribution < 1.29 is 0 Å². The molecule has 0 amide bonds. The summed E-state index contributed by atoms with van der Waals surface area (Å²) in [7, 11) is 1.95. The molecule has 4 nitrogen and oxygen atoms in total. The van der Waals surface area contributed by atoms with E-state index >= 15 is 0 Å². The Balaban J connectivity index is 2.20. The Kier molecular flexibility index (Phi) is 3.49. The molecule has 0 fully saturated rings. The van der Waals surface area contributed by atoms with Gasteiger partial charge in [-0.2, -0.15) is 0 Å². The summed E-state index contributed by atoms with van der Waals surface area (Å²) in [4.78, 5) is 11.7. The van der Waals surface area contributed by atoms with E-state index in [1.165, 1.54) is 4.88 Å². The van der Waals surface area contributed by atoms with E-state index < -0.39 is 0 Å². The summed E-state index contributed by atoms with van der Waals surface area (Å²) in [5, 5.41) is 0.550. The molecule has 90 valence electrons. The number of aromatic nitrogens is 2. The number of halogens is 1. The first kappa shape index (κ1) is 12.1. The third-order valence-corrected chi connectivity index (χ3v) is 3.58. The minimum Gasteiger partial charge on any atom is -0.396 e. The van der Waals surface area contributed by atoms with Crippen LogP contribution < -0.4 is 10.6 Å². The van der Waals surface area contributed by atoms with Crippen LogP contribution in [-0.2, 0) is 6.54 Å². The van der Waals surface area contributed by atoms with Gasteiger partial charge in [0.05, 0.1) is 28.5 Å². The van der Waals surface area contributed by atoms with Crippen molar-refractivity contribution in [3.05, 3.63) is 33.4 Å². The number of hydrogen-bond donors (Lipinski definition) is 1. The molecule has 2 aromatic heterocycles. The number of rotatable bonds is 3. The van der Waals surface area contributed by atoms with Crippen LogP contribution in [0.3, 0.4) is 0 Å². The minimum absolute atomic E-state index is 0.550. The lowest BCUT2D eigenvalue weighted by molar-refractivity contribution is 0.903. The van der Waals surface area contributed by atoms with Crippen LogP contribution in [0.1, 0.15) is 10.6 Å². The summed E-state index contributed by atoms with van der Waals surface area (Å²) < 4.78 is 0. The van der Waals surface area contributed by atoms with Crippen molar-refractivity contribution in [1.82, 2.24) is 9.97 Å². The highest BCUT2D eigenvalue weighted by Gasteiger charge is 2.10. The summed E-state index contributed by atoms with van der Waals surface area (Å²) >= 11 is 7.45. The van der Waals surface area contributed by atoms with Crippen molar-refractivity contribution in [3.8, 4) is 0 Å². The molecule has 0 bridgehead atoms. The molecule has 0 aliphatic carbocycles. The minimum atomic E-state index is 0.550. The zero-order valence-electron chi connectivity index (χ0n) is 9.64. The predicted molar refractivity (Wildman–Crippen MR) is 72.6 cm³/mol. The first-order valence-electron chi connectivity index (χ1n) is 5.09. The van der Waals surface area contributed by atoms with Crippen LogP contribution in [0.2, 0.25) is 5.02 Å². The zero-order chi connectivity index (χ0) is 12.4. The summed E-state index contributed by atoms with van der Waals surface area (Å²) in [6, 6.07) is 1.71. The summed E-state index contributed by atoms with van der Waals surface area (Å²) in [5.74, 6) is 0.738. The van der Waals surface area contributed by atoms with E-state index in [0.717, 1.165) is 18.1 Å². The fourth-order valence-electron chi connectivity index (χ4n) is 1.53. The SMILES string of the molecule is Cc1ncsc1CN(C)c1ncc(Cl)cc1N. The van der Waals surface area contributed by atoms with Gasteiger partial charge in [-0.05, 0) is 13.0 Å². The Bertz CT molecular complexity index is 526. The number of nitrogens with two attached hydrogens (primary N) is 1. The predicted octanol–water partition coefficient (Wildman–Crippen LogP) is 2.72. The van der Waals surface area contributed by atoms with Crippen LogP contribution in [0.25, 0.3) is 0 Å². The topological polar surface area (TPSA) is 55.0 Å². The van der Waals surface area contributed by atoms with Gasteiger partial charge in [-0.25, -0.2) is 9.97 Å². The quantitative estimate of drug-likeness (QED) is 0.930. The molecule has 0 radical (unpaired) electrons. The Morgan fingerprint density at radius 1 is 1.47 bits per heavy atom. The van der Waals surface area contributed by atoms with Crippen LogP contribution >= 0.6 is 22.9 Å². The fraction of sp³-hybridized carbons (Fsp3) is 0.273. The van der Waals surface area contributed by atoms with Gasteiger partial charge in [0, 0.05) is 18.1 Å². The smallest absolute Gasteiger partial charge is 0.151 e. The molecule has 0 unspecified atom stereocenters. The Morgan fingerprint density at radius 2 is 2.24 bits per heavy atom. The summed E-state index contributed by atoms with van der Waals surface area (Å²) in [6.07, 6.45) is 1.60. The van der Waals surface area contributed by atoms with E-state index in [0.29, 0.717) is 10.7 Å². The van der Waals surface area contributed by atoms with Gasteiger partial charge in [-0.3, -0.25) is 0 Å². The number of hydrogen-bond acceptors (Lipinski definition) is 5. The van der Waals surface area contributed by atoms with Crippen LogP contribution in [0.5, 0.6) is 0 Å². The van der Waals surface area contributed by atoms with Crippen molar-refractivity contribution in [2.45, 2.75) is 13.5 Å². The maximum atomic E-state index is 5.89. The molecule has 0 spiro atoms. The average molecular weight is 269 g/mol. The van der Waals surface area contributed by atoms with Crippen LogP contribution in [0.15, 0.2) is 17.8 Å². The number of aryl methyl sites for hydroxylation is 1. The van der Waals surface area contributed by atoms with Gasteiger partial charge < -0.3 is 10.6 Å². The zero-order valence-corrected chi connectivity index (χ0v) is 11.2. The van der Waals surface area contributed by atoms with Gasteiger partial charge in [-0.15, -0.1) is 11.3 Å².